The first kappa shape index (κ1) is 15.2. The van der Waals surface area contributed by atoms with Crippen molar-refractivity contribution in [2.24, 2.45) is 0 Å². The number of furan rings is 1. The number of rotatable bonds is 7. The summed E-state index contributed by atoms with van der Waals surface area (Å²) >= 11 is 0. The molecule has 104 valence electrons. The molecule has 0 atom stereocenters. The van der Waals surface area contributed by atoms with Crippen LogP contribution in [0.1, 0.15) is 38.2 Å². The second-order valence-corrected chi connectivity index (χ2v) is 6.05. The van der Waals surface area contributed by atoms with Crippen molar-refractivity contribution in [2.45, 2.75) is 45.1 Å². The molecule has 0 bridgehead atoms. The van der Waals surface area contributed by atoms with E-state index in [0.29, 0.717) is 18.8 Å². The number of aryl methyl sites for hydroxylation is 1. The molecule has 0 aliphatic heterocycles. The molecule has 1 aromatic heterocycles. The van der Waals surface area contributed by atoms with Gasteiger partial charge < -0.3 is 9.52 Å². The van der Waals surface area contributed by atoms with Crippen LogP contribution in [0.5, 0.6) is 0 Å². The smallest absolute Gasteiger partial charge is 0.246 e. The minimum absolute atomic E-state index is 0.157. The van der Waals surface area contributed by atoms with E-state index in [9.17, 15) is 8.42 Å². The summed E-state index contributed by atoms with van der Waals surface area (Å²) in [5, 5.41) is 8.98. The number of unbranched alkanes of at least 4 members (excludes halogenated alkanes) is 1. The van der Waals surface area contributed by atoms with Crippen molar-refractivity contribution >= 4 is 10.0 Å². The molecule has 18 heavy (non-hydrogen) atoms. The number of aliphatic hydroxyl groups excluding tert-OH is 1. The largest absolute Gasteiger partial charge is 0.462 e. The van der Waals surface area contributed by atoms with Gasteiger partial charge in [0.2, 0.25) is 10.0 Å². The highest BCUT2D eigenvalue weighted by Crippen LogP contribution is 2.23. The topological polar surface area (TPSA) is 70.8 Å². The predicted molar refractivity (Wildman–Crippen MR) is 68.7 cm³/mol. The summed E-state index contributed by atoms with van der Waals surface area (Å²) in [4.78, 5) is 0.157. The number of aliphatic hydroxyl groups is 1. The Bertz CT molecular complexity index is 478. The summed E-state index contributed by atoms with van der Waals surface area (Å²) in [7, 11) is -3.51. The lowest BCUT2D eigenvalue weighted by Gasteiger charge is -2.19. The number of nitrogens with zero attached hydrogens (tertiary/aromatic N) is 1. The normalized spacial score (nSPS) is 12.3. The molecule has 0 saturated carbocycles. The fraction of sp³-hybridized carbons (Fsp3) is 0.667. The van der Waals surface area contributed by atoms with E-state index in [1.807, 2.05) is 13.8 Å². The molecule has 0 aliphatic carbocycles. The molecular weight excluding hydrogens is 254 g/mol. The molecule has 0 aromatic carbocycles. The van der Waals surface area contributed by atoms with Gasteiger partial charge in [0.1, 0.15) is 23.0 Å². The molecule has 0 radical (unpaired) electrons. The van der Waals surface area contributed by atoms with Crippen molar-refractivity contribution in [1.82, 2.24) is 4.31 Å². The molecule has 1 rings (SSSR count). The van der Waals surface area contributed by atoms with Gasteiger partial charge in [-0.3, -0.25) is 0 Å². The van der Waals surface area contributed by atoms with Crippen LogP contribution in [0.2, 0.25) is 0 Å². The average Bonchev–Trinajstić information content (AvgIpc) is 2.72. The molecular formula is C12H21NO4S. The molecule has 0 spiro atoms. The van der Waals surface area contributed by atoms with Crippen LogP contribution in [0.25, 0.3) is 0 Å². The van der Waals surface area contributed by atoms with Crippen LogP contribution >= 0.6 is 0 Å². The van der Waals surface area contributed by atoms with Gasteiger partial charge >= 0.3 is 0 Å². The highest BCUT2D eigenvalue weighted by atomic mass is 32.2. The average molecular weight is 275 g/mol. The first-order chi connectivity index (χ1) is 8.47. The molecule has 0 saturated heterocycles. The molecule has 1 N–H and O–H groups in total. The van der Waals surface area contributed by atoms with Crippen molar-refractivity contribution < 1.29 is 17.9 Å². The first-order valence-electron chi connectivity index (χ1n) is 6.17. The van der Waals surface area contributed by atoms with E-state index < -0.39 is 10.0 Å². The van der Waals surface area contributed by atoms with Gasteiger partial charge in [-0.25, -0.2) is 8.42 Å². The Morgan fingerprint density at radius 1 is 1.39 bits per heavy atom. The van der Waals surface area contributed by atoms with Gasteiger partial charge in [0.25, 0.3) is 0 Å². The molecule has 1 heterocycles. The van der Waals surface area contributed by atoms with Crippen molar-refractivity contribution in [3.63, 3.8) is 0 Å². The lowest BCUT2D eigenvalue weighted by molar-refractivity contribution is 0.244. The number of hydrogen-bond donors (Lipinski definition) is 1. The second kappa shape index (κ2) is 6.36. The summed E-state index contributed by atoms with van der Waals surface area (Å²) in [6.07, 6.45) is 1.77. The van der Waals surface area contributed by atoms with Gasteiger partial charge in [0.05, 0.1) is 0 Å². The van der Waals surface area contributed by atoms with Crippen molar-refractivity contribution in [3.8, 4) is 0 Å². The molecule has 6 heteroatoms. The van der Waals surface area contributed by atoms with E-state index in [0.717, 1.165) is 12.8 Å². The van der Waals surface area contributed by atoms with E-state index >= 15 is 0 Å². The second-order valence-electron chi connectivity index (χ2n) is 4.14. The molecule has 1 aromatic rings. The van der Waals surface area contributed by atoms with Gasteiger partial charge in [0.15, 0.2) is 0 Å². The fourth-order valence-electron chi connectivity index (χ4n) is 1.78. The Labute approximate surface area is 108 Å². The van der Waals surface area contributed by atoms with Crippen LogP contribution in [0.4, 0.5) is 0 Å². The zero-order chi connectivity index (χ0) is 13.8. The zero-order valence-electron chi connectivity index (χ0n) is 11.1. The van der Waals surface area contributed by atoms with Crippen LogP contribution in [0.3, 0.4) is 0 Å². The van der Waals surface area contributed by atoms with E-state index in [1.54, 1.807) is 6.92 Å². The molecule has 0 fully saturated rings. The monoisotopic (exact) mass is 275 g/mol. The minimum atomic E-state index is -3.51. The fourth-order valence-corrected chi connectivity index (χ4v) is 3.45. The van der Waals surface area contributed by atoms with Crippen molar-refractivity contribution in [3.05, 3.63) is 17.6 Å². The quantitative estimate of drug-likeness (QED) is 0.825. The maximum absolute atomic E-state index is 12.4. The molecule has 0 unspecified atom stereocenters. The van der Waals surface area contributed by atoms with E-state index in [1.165, 1.54) is 10.4 Å². The molecule has 0 aliphatic rings. The van der Waals surface area contributed by atoms with Gasteiger partial charge in [-0.15, -0.1) is 0 Å². The lowest BCUT2D eigenvalue weighted by Crippen LogP contribution is -2.32. The van der Waals surface area contributed by atoms with Crippen LogP contribution in [0.15, 0.2) is 15.4 Å². The third kappa shape index (κ3) is 3.13. The van der Waals surface area contributed by atoms with Gasteiger partial charge in [-0.1, -0.05) is 20.3 Å². The van der Waals surface area contributed by atoms with Crippen molar-refractivity contribution in [1.29, 1.82) is 0 Å². The third-order valence-corrected chi connectivity index (χ3v) is 4.89. The zero-order valence-corrected chi connectivity index (χ0v) is 12.0. The SMILES string of the molecule is CCCCN(CC)S(=O)(=O)c1cc(CO)oc1C. The molecule has 0 amide bonds. The Balaban J connectivity index is 3.06. The Hall–Kier alpha value is -0.850. The van der Waals surface area contributed by atoms with Crippen LogP contribution in [-0.4, -0.2) is 30.9 Å². The Morgan fingerprint density at radius 2 is 2.06 bits per heavy atom. The summed E-state index contributed by atoms with van der Waals surface area (Å²) < 4.78 is 31.4. The number of sulfonamides is 1. The first-order valence-corrected chi connectivity index (χ1v) is 7.61. The van der Waals surface area contributed by atoms with Crippen LogP contribution < -0.4 is 0 Å². The highest BCUT2D eigenvalue weighted by Gasteiger charge is 2.27. The molecule has 5 nitrogen and oxygen atoms in total. The maximum Gasteiger partial charge on any atom is 0.246 e. The lowest BCUT2D eigenvalue weighted by atomic mass is 10.3. The van der Waals surface area contributed by atoms with Gasteiger partial charge in [-0.05, 0) is 13.3 Å². The minimum Gasteiger partial charge on any atom is -0.462 e. The van der Waals surface area contributed by atoms with Gasteiger partial charge in [-0.2, -0.15) is 4.31 Å². The van der Waals surface area contributed by atoms with E-state index in [4.69, 9.17) is 9.52 Å². The van der Waals surface area contributed by atoms with Crippen LogP contribution in [-0.2, 0) is 16.6 Å². The Morgan fingerprint density at radius 3 is 2.50 bits per heavy atom. The highest BCUT2D eigenvalue weighted by molar-refractivity contribution is 7.89. The van der Waals surface area contributed by atoms with Crippen LogP contribution in [0, 0.1) is 6.92 Å². The van der Waals surface area contributed by atoms with E-state index in [-0.39, 0.29) is 17.3 Å². The summed E-state index contributed by atoms with van der Waals surface area (Å²) in [6.45, 7) is 6.08. The Kier molecular flexibility index (Phi) is 5.37. The summed E-state index contributed by atoms with van der Waals surface area (Å²) in [6, 6.07) is 1.40. The third-order valence-electron chi connectivity index (χ3n) is 2.81. The van der Waals surface area contributed by atoms with Crippen molar-refractivity contribution in [2.75, 3.05) is 13.1 Å². The summed E-state index contributed by atoms with van der Waals surface area (Å²) in [5.74, 6) is 0.603. The maximum atomic E-state index is 12.4. The van der Waals surface area contributed by atoms with Gasteiger partial charge in [0, 0.05) is 19.2 Å². The predicted octanol–water partition coefficient (Wildman–Crippen LogP) is 1.89. The standard InChI is InChI=1S/C12H21NO4S/c1-4-6-7-13(5-2)18(15,16)12-8-11(9-14)17-10(12)3/h8,14H,4-7,9H2,1-3H3. The number of hydrogen-bond acceptors (Lipinski definition) is 4. The summed E-state index contributed by atoms with van der Waals surface area (Å²) in [5.41, 5.74) is 0. The van der Waals surface area contributed by atoms with E-state index in [2.05, 4.69) is 0 Å².